The molecule has 0 aliphatic rings. The van der Waals surface area contributed by atoms with Crippen molar-refractivity contribution < 1.29 is 13.9 Å². The standard InChI is InChI=1S/C22H35FO2/c1-2-3-4-5-6-7-8-9-10-11-12-13-14-15-22(24)25-21-18-16-20(23)17-19-21/h16-19H,2-15H2,1H3. The average Bonchev–Trinajstić information content (AvgIpc) is 2.61. The van der Waals surface area contributed by atoms with E-state index in [9.17, 15) is 9.18 Å². The highest BCUT2D eigenvalue weighted by molar-refractivity contribution is 5.72. The van der Waals surface area contributed by atoms with Gasteiger partial charge in [0.05, 0.1) is 0 Å². The molecule has 0 unspecified atom stereocenters. The summed E-state index contributed by atoms with van der Waals surface area (Å²) in [5, 5.41) is 0. The van der Waals surface area contributed by atoms with Crippen molar-refractivity contribution in [2.45, 2.75) is 96.8 Å². The Hall–Kier alpha value is -1.38. The van der Waals surface area contributed by atoms with Crippen LogP contribution in [0.5, 0.6) is 5.75 Å². The molecule has 142 valence electrons. The minimum absolute atomic E-state index is 0.227. The molecule has 0 aliphatic heterocycles. The number of carbonyl (C=O) groups is 1. The van der Waals surface area contributed by atoms with Crippen LogP contribution in [-0.4, -0.2) is 5.97 Å². The van der Waals surface area contributed by atoms with E-state index in [1.165, 1.54) is 94.9 Å². The van der Waals surface area contributed by atoms with Gasteiger partial charge in [-0.25, -0.2) is 4.39 Å². The Balaban J connectivity index is 1.85. The van der Waals surface area contributed by atoms with E-state index in [0.717, 1.165) is 12.8 Å². The molecule has 0 N–H and O–H groups in total. The van der Waals surface area contributed by atoms with Gasteiger partial charge in [-0.15, -0.1) is 0 Å². The lowest BCUT2D eigenvalue weighted by Gasteiger charge is -2.05. The van der Waals surface area contributed by atoms with Crippen molar-refractivity contribution in [3.8, 4) is 5.75 Å². The summed E-state index contributed by atoms with van der Waals surface area (Å²) in [5.41, 5.74) is 0. The molecule has 0 aliphatic carbocycles. The van der Waals surface area contributed by atoms with E-state index in [1.54, 1.807) is 0 Å². The fourth-order valence-electron chi connectivity index (χ4n) is 2.97. The number of esters is 1. The highest BCUT2D eigenvalue weighted by Gasteiger charge is 2.04. The predicted octanol–water partition coefficient (Wildman–Crippen LogP) is 7.21. The quantitative estimate of drug-likeness (QED) is 0.190. The van der Waals surface area contributed by atoms with Crippen LogP contribution in [0.25, 0.3) is 0 Å². The van der Waals surface area contributed by atoms with Crippen molar-refractivity contribution in [2.24, 2.45) is 0 Å². The lowest BCUT2D eigenvalue weighted by Crippen LogP contribution is -2.07. The van der Waals surface area contributed by atoms with Crippen LogP contribution in [0.3, 0.4) is 0 Å². The van der Waals surface area contributed by atoms with Crippen molar-refractivity contribution >= 4 is 5.97 Å². The molecular weight excluding hydrogens is 315 g/mol. The molecule has 0 spiro atoms. The molecule has 1 rings (SSSR count). The second-order valence-corrected chi connectivity index (χ2v) is 6.92. The van der Waals surface area contributed by atoms with E-state index in [0.29, 0.717) is 12.2 Å². The monoisotopic (exact) mass is 350 g/mol. The molecule has 2 nitrogen and oxygen atoms in total. The average molecular weight is 351 g/mol. The number of ether oxygens (including phenoxy) is 1. The SMILES string of the molecule is CCCCCCCCCCCCCCCC(=O)Oc1ccc(F)cc1. The van der Waals surface area contributed by atoms with Crippen LogP contribution in [0.15, 0.2) is 24.3 Å². The highest BCUT2D eigenvalue weighted by atomic mass is 19.1. The van der Waals surface area contributed by atoms with Gasteiger partial charge in [-0.3, -0.25) is 4.79 Å². The number of benzene rings is 1. The zero-order valence-electron chi connectivity index (χ0n) is 15.9. The van der Waals surface area contributed by atoms with E-state index in [4.69, 9.17) is 4.74 Å². The van der Waals surface area contributed by atoms with Crippen LogP contribution in [0, 0.1) is 5.82 Å². The lowest BCUT2D eigenvalue weighted by molar-refractivity contribution is -0.134. The number of rotatable bonds is 15. The largest absolute Gasteiger partial charge is 0.427 e. The fraction of sp³-hybridized carbons (Fsp3) is 0.682. The molecule has 0 fully saturated rings. The van der Waals surface area contributed by atoms with Crippen LogP contribution >= 0.6 is 0 Å². The lowest BCUT2D eigenvalue weighted by atomic mass is 10.0. The summed E-state index contributed by atoms with van der Waals surface area (Å²) in [6, 6.07) is 5.57. The van der Waals surface area contributed by atoms with Crippen molar-refractivity contribution in [3.05, 3.63) is 30.1 Å². The molecule has 0 saturated heterocycles. The summed E-state index contributed by atoms with van der Waals surface area (Å²) in [4.78, 5) is 11.7. The van der Waals surface area contributed by atoms with Gasteiger partial charge < -0.3 is 4.74 Å². The Labute approximate surface area is 153 Å². The second kappa shape index (κ2) is 14.9. The third kappa shape index (κ3) is 12.6. The highest BCUT2D eigenvalue weighted by Crippen LogP contribution is 2.15. The van der Waals surface area contributed by atoms with Gasteiger partial charge in [0.25, 0.3) is 0 Å². The van der Waals surface area contributed by atoms with Crippen molar-refractivity contribution in [3.63, 3.8) is 0 Å². The van der Waals surface area contributed by atoms with Gasteiger partial charge >= 0.3 is 5.97 Å². The number of carbonyl (C=O) groups excluding carboxylic acids is 1. The molecule has 0 amide bonds. The predicted molar refractivity (Wildman–Crippen MR) is 102 cm³/mol. The fourth-order valence-corrected chi connectivity index (χ4v) is 2.97. The van der Waals surface area contributed by atoms with E-state index in [2.05, 4.69) is 6.92 Å². The molecule has 0 radical (unpaired) electrons. The minimum atomic E-state index is -0.323. The Morgan fingerprint density at radius 2 is 1.20 bits per heavy atom. The number of halogens is 1. The van der Waals surface area contributed by atoms with Gasteiger partial charge in [0.1, 0.15) is 11.6 Å². The normalized spacial score (nSPS) is 10.8. The molecule has 3 heteroatoms. The minimum Gasteiger partial charge on any atom is -0.427 e. The Morgan fingerprint density at radius 3 is 1.68 bits per heavy atom. The maximum Gasteiger partial charge on any atom is 0.311 e. The van der Waals surface area contributed by atoms with E-state index < -0.39 is 0 Å². The number of hydrogen-bond acceptors (Lipinski definition) is 2. The van der Waals surface area contributed by atoms with Gasteiger partial charge in [0.2, 0.25) is 0 Å². The van der Waals surface area contributed by atoms with Gasteiger partial charge in [0.15, 0.2) is 0 Å². The summed E-state index contributed by atoms with van der Waals surface area (Å²) in [6.07, 6.45) is 17.2. The molecule has 25 heavy (non-hydrogen) atoms. The molecule has 0 aromatic heterocycles. The zero-order chi connectivity index (χ0) is 18.2. The molecule has 0 bridgehead atoms. The van der Waals surface area contributed by atoms with Crippen LogP contribution in [-0.2, 0) is 4.79 Å². The summed E-state index contributed by atoms with van der Waals surface area (Å²) in [7, 11) is 0. The third-order valence-corrected chi connectivity index (χ3v) is 4.53. The smallest absolute Gasteiger partial charge is 0.311 e. The maximum absolute atomic E-state index is 12.8. The van der Waals surface area contributed by atoms with Crippen LogP contribution < -0.4 is 4.74 Å². The summed E-state index contributed by atoms with van der Waals surface area (Å²) in [5.74, 6) is -0.132. The van der Waals surface area contributed by atoms with Gasteiger partial charge in [-0.1, -0.05) is 84.0 Å². The first-order chi connectivity index (χ1) is 12.2. The summed E-state index contributed by atoms with van der Waals surface area (Å²) in [6.45, 7) is 2.26. The Morgan fingerprint density at radius 1 is 0.760 bits per heavy atom. The first kappa shape index (κ1) is 21.7. The van der Waals surface area contributed by atoms with Crippen molar-refractivity contribution in [2.75, 3.05) is 0 Å². The Kier molecular flexibility index (Phi) is 12.9. The molecule has 0 atom stereocenters. The van der Waals surface area contributed by atoms with Gasteiger partial charge in [0, 0.05) is 6.42 Å². The molecule has 1 aromatic carbocycles. The molecule has 1 aromatic rings. The number of hydrogen-bond donors (Lipinski definition) is 0. The summed E-state index contributed by atoms with van der Waals surface area (Å²) >= 11 is 0. The van der Waals surface area contributed by atoms with Crippen LogP contribution in [0.2, 0.25) is 0 Å². The first-order valence-electron chi connectivity index (χ1n) is 10.2. The van der Waals surface area contributed by atoms with Crippen LogP contribution in [0.1, 0.15) is 96.8 Å². The van der Waals surface area contributed by atoms with Crippen molar-refractivity contribution in [1.29, 1.82) is 0 Å². The van der Waals surface area contributed by atoms with E-state index in [1.807, 2.05) is 0 Å². The van der Waals surface area contributed by atoms with Crippen molar-refractivity contribution in [1.82, 2.24) is 0 Å². The molecule has 0 heterocycles. The molecular formula is C22H35FO2. The first-order valence-corrected chi connectivity index (χ1v) is 10.2. The Bertz CT molecular complexity index is 442. The van der Waals surface area contributed by atoms with Crippen LogP contribution in [0.4, 0.5) is 4.39 Å². The zero-order valence-corrected chi connectivity index (χ0v) is 15.9. The van der Waals surface area contributed by atoms with Gasteiger partial charge in [-0.05, 0) is 30.7 Å². The van der Waals surface area contributed by atoms with Gasteiger partial charge in [-0.2, -0.15) is 0 Å². The van der Waals surface area contributed by atoms with E-state index in [-0.39, 0.29) is 11.8 Å². The molecule has 0 saturated carbocycles. The van der Waals surface area contributed by atoms with E-state index >= 15 is 0 Å². The third-order valence-electron chi connectivity index (χ3n) is 4.53. The second-order valence-electron chi connectivity index (χ2n) is 6.92. The number of unbranched alkanes of at least 4 members (excludes halogenated alkanes) is 12. The maximum atomic E-state index is 12.8. The summed E-state index contributed by atoms with van der Waals surface area (Å²) < 4.78 is 17.9. The topological polar surface area (TPSA) is 26.3 Å².